The Morgan fingerprint density at radius 1 is 1.47 bits per heavy atom. The Hall–Kier alpha value is -0.660. The third-order valence-electron chi connectivity index (χ3n) is 2.02. The number of nitrogens with zero attached hydrogens (tertiary/aromatic N) is 1. The SMILES string of the molecule is Cc1nc(CCOCC(F)(F)F)sc1C(C)N. The van der Waals surface area contributed by atoms with Crippen molar-refractivity contribution >= 4 is 11.3 Å². The first-order chi connectivity index (χ1) is 7.79. The Labute approximate surface area is 102 Å². The molecule has 1 atom stereocenters. The van der Waals surface area contributed by atoms with Gasteiger partial charge in [0.15, 0.2) is 0 Å². The molecule has 0 saturated carbocycles. The standard InChI is InChI=1S/C10H15F3N2OS/c1-6(14)9-7(2)15-8(17-9)3-4-16-5-10(11,12)13/h6H,3-5,14H2,1-2H3. The summed E-state index contributed by atoms with van der Waals surface area (Å²) in [5, 5.41) is 0.761. The van der Waals surface area contributed by atoms with Gasteiger partial charge in [-0.05, 0) is 13.8 Å². The molecule has 0 radical (unpaired) electrons. The Balaban J connectivity index is 2.40. The summed E-state index contributed by atoms with van der Waals surface area (Å²) in [6, 6.07) is -0.0997. The van der Waals surface area contributed by atoms with Crippen LogP contribution in [0, 0.1) is 6.92 Å². The number of rotatable bonds is 5. The maximum Gasteiger partial charge on any atom is 0.411 e. The zero-order valence-electron chi connectivity index (χ0n) is 9.67. The summed E-state index contributed by atoms with van der Waals surface area (Å²) in [6.07, 6.45) is -3.88. The van der Waals surface area contributed by atoms with Gasteiger partial charge in [0.25, 0.3) is 0 Å². The van der Waals surface area contributed by atoms with Crippen molar-refractivity contribution in [2.24, 2.45) is 5.73 Å². The quantitative estimate of drug-likeness (QED) is 0.835. The molecule has 0 aliphatic carbocycles. The molecule has 0 aromatic carbocycles. The predicted octanol–water partition coefficient (Wildman–Crippen LogP) is 2.59. The van der Waals surface area contributed by atoms with E-state index < -0.39 is 12.8 Å². The van der Waals surface area contributed by atoms with Gasteiger partial charge in [0, 0.05) is 17.3 Å². The van der Waals surface area contributed by atoms with Gasteiger partial charge in [-0.25, -0.2) is 4.98 Å². The highest BCUT2D eigenvalue weighted by molar-refractivity contribution is 7.11. The van der Waals surface area contributed by atoms with E-state index >= 15 is 0 Å². The van der Waals surface area contributed by atoms with Gasteiger partial charge in [-0.1, -0.05) is 0 Å². The summed E-state index contributed by atoms with van der Waals surface area (Å²) in [7, 11) is 0. The van der Waals surface area contributed by atoms with Gasteiger partial charge in [-0.3, -0.25) is 0 Å². The van der Waals surface area contributed by atoms with E-state index in [1.807, 2.05) is 13.8 Å². The first-order valence-electron chi connectivity index (χ1n) is 5.16. The summed E-state index contributed by atoms with van der Waals surface area (Å²) in [6.45, 7) is 2.50. The molecule has 1 aromatic heterocycles. The van der Waals surface area contributed by atoms with Crippen molar-refractivity contribution in [3.63, 3.8) is 0 Å². The average Bonchev–Trinajstić information content (AvgIpc) is 2.53. The van der Waals surface area contributed by atoms with E-state index in [1.54, 1.807) is 0 Å². The fraction of sp³-hybridized carbons (Fsp3) is 0.700. The molecule has 98 valence electrons. The largest absolute Gasteiger partial charge is 0.411 e. The van der Waals surface area contributed by atoms with Crippen molar-refractivity contribution in [3.05, 3.63) is 15.6 Å². The smallest absolute Gasteiger partial charge is 0.372 e. The molecule has 1 aromatic rings. The van der Waals surface area contributed by atoms with Crippen LogP contribution in [0.4, 0.5) is 13.2 Å². The van der Waals surface area contributed by atoms with Gasteiger partial charge in [-0.2, -0.15) is 13.2 Å². The Bertz CT molecular complexity index is 363. The molecule has 0 aliphatic rings. The van der Waals surface area contributed by atoms with Crippen molar-refractivity contribution in [1.29, 1.82) is 0 Å². The highest BCUT2D eigenvalue weighted by atomic mass is 32.1. The number of thiazole rings is 1. The molecule has 0 aliphatic heterocycles. The normalized spacial score (nSPS) is 14.0. The van der Waals surface area contributed by atoms with Crippen LogP contribution in [0.2, 0.25) is 0 Å². The lowest BCUT2D eigenvalue weighted by atomic mass is 10.2. The van der Waals surface area contributed by atoms with Gasteiger partial charge in [0.05, 0.1) is 17.3 Å². The molecule has 1 unspecified atom stereocenters. The minimum Gasteiger partial charge on any atom is -0.372 e. The molecule has 2 N–H and O–H groups in total. The molecule has 0 fully saturated rings. The molecule has 0 amide bonds. The maximum absolute atomic E-state index is 11.8. The molecule has 17 heavy (non-hydrogen) atoms. The highest BCUT2D eigenvalue weighted by Crippen LogP contribution is 2.23. The van der Waals surface area contributed by atoms with Crippen molar-refractivity contribution in [2.75, 3.05) is 13.2 Å². The predicted molar refractivity (Wildman–Crippen MR) is 60.0 cm³/mol. The molecule has 1 rings (SSSR count). The highest BCUT2D eigenvalue weighted by Gasteiger charge is 2.27. The van der Waals surface area contributed by atoms with Gasteiger partial charge in [-0.15, -0.1) is 11.3 Å². The second-order valence-corrected chi connectivity index (χ2v) is 4.88. The number of hydrogen-bond acceptors (Lipinski definition) is 4. The second kappa shape index (κ2) is 5.79. The van der Waals surface area contributed by atoms with E-state index in [1.165, 1.54) is 11.3 Å². The number of halogens is 3. The number of aromatic nitrogens is 1. The summed E-state index contributed by atoms with van der Waals surface area (Å²) < 4.78 is 39.9. The third-order valence-corrected chi connectivity index (χ3v) is 3.43. The molecule has 0 saturated heterocycles. The van der Waals surface area contributed by atoms with Crippen molar-refractivity contribution in [3.8, 4) is 0 Å². The molecule has 0 spiro atoms. The number of alkyl halides is 3. The van der Waals surface area contributed by atoms with Crippen LogP contribution in [0.3, 0.4) is 0 Å². The number of nitrogens with two attached hydrogens (primary N) is 1. The van der Waals surface area contributed by atoms with Crippen LogP contribution in [-0.2, 0) is 11.2 Å². The summed E-state index contributed by atoms with van der Waals surface area (Å²) in [5.74, 6) is 0. The summed E-state index contributed by atoms with van der Waals surface area (Å²) >= 11 is 1.43. The van der Waals surface area contributed by atoms with Crippen LogP contribution in [0.1, 0.15) is 28.5 Å². The molecule has 7 heteroatoms. The third kappa shape index (κ3) is 5.01. The first kappa shape index (κ1) is 14.4. The Kier molecular flexibility index (Phi) is 4.91. The van der Waals surface area contributed by atoms with E-state index in [0.717, 1.165) is 15.6 Å². The topological polar surface area (TPSA) is 48.1 Å². The lowest BCUT2D eigenvalue weighted by Crippen LogP contribution is -2.17. The van der Waals surface area contributed by atoms with Crippen molar-refractivity contribution in [2.45, 2.75) is 32.5 Å². The van der Waals surface area contributed by atoms with Crippen LogP contribution < -0.4 is 5.73 Å². The van der Waals surface area contributed by atoms with Crippen LogP contribution in [0.25, 0.3) is 0 Å². The first-order valence-corrected chi connectivity index (χ1v) is 5.97. The molecule has 0 bridgehead atoms. The molecular formula is C10H15F3N2OS. The number of hydrogen-bond donors (Lipinski definition) is 1. The fourth-order valence-electron chi connectivity index (χ4n) is 1.34. The van der Waals surface area contributed by atoms with Gasteiger partial charge in [0.1, 0.15) is 6.61 Å². The van der Waals surface area contributed by atoms with Gasteiger partial charge >= 0.3 is 6.18 Å². The van der Waals surface area contributed by atoms with E-state index in [-0.39, 0.29) is 12.6 Å². The van der Waals surface area contributed by atoms with Crippen LogP contribution in [0.15, 0.2) is 0 Å². The zero-order chi connectivity index (χ0) is 13.1. The fourth-order valence-corrected chi connectivity index (χ4v) is 2.34. The lowest BCUT2D eigenvalue weighted by Gasteiger charge is -2.06. The average molecular weight is 268 g/mol. The Morgan fingerprint density at radius 2 is 2.12 bits per heavy atom. The molecule has 1 heterocycles. The van der Waals surface area contributed by atoms with Gasteiger partial charge in [0.2, 0.25) is 0 Å². The minimum absolute atomic E-state index is 0.0187. The summed E-state index contributed by atoms with van der Waals surface area (Å²) in [4.78, 5) is 5.21. The van der Waals surface area contributed by atoms with Crippen LogP contribution in [0.5, 0.6) is 0 Å². The molecular weight excluding hydrogens is 253 g/mol. The van der Waals surface area contributed by atoms with E-state index in [0.29, 0.717) is 6.42 Å². The minimum atomic E-state index is -4.27. The van der Waals surface area contributed by atoms with E-state index in [4.69, 9.17) is 5.73 Å². The number of aryl methyl sites for hydroxylation is 1. The van der Waals surface area contributed by atoms with E-state index in [9.17, 15) is 13.2 Å². The van der Waals surface area contributed by atoms with Crippen LogP contribution >= 0.6 is 11.3 Å². The lowest BCUT2D eigenvalue weighted by molar-refractivity contribution is -0.173. The Morgan fingerprint density at radius 3 is 2.59 bits per heavy atom. The maximum atomic E-state index is 11.8. The zero-order valence-corrected chi connectivity index (χ0v) is 10.5. The molecule has 3 nitrogen and oxygen atoms in total. The van der Waals surface area contributed by atoms with Crippen LogP contribution in [-0.4, -0.2) is 24.4 Å². The van der Waals surface area contributed by atoms with E-state index in [2.05, 4.69) is 9.72 Å². The monoisotopic (exact) mass is 268 g/mol. The van der Waals surface area contributed by atoms with Crippen molar-refractivity contribution in [1.82, 2.24) is 4.98 Å². The number of ether oxygens (including phenoxy) is 1. The summed E-state index contributed by atoms with van der Waals surface area (Å²) in [5.41, 5.74) is 6.57. The second-order valence-electron chi connectivity index (χ2n) is 3.76. The van der Waals surface area contributed by atoms with Gasteiger partial charge < -0.3 is 10.5 Å². The van der Waals surface area contributed by atoms with Crippen molar-refractivity contribution < 1.29 is 17.9 Å².